The maximum Gasteiger partial charge on any atom is 0.338 e. The van der Waals surface area contributed by atoms with Crippen LogP contribution in [0.4, 0.5) is 4.39 Å². The van der Waals surface area contributed by atoms with Gasteiger partial charge in [0.2, 0.25) is 0 Å². The summed E-state index contributed by atoms with van der Waals surface area (Å²) >= 11 is 0. The van der Waals surface area contributed by atoms with Crippen molar-refractivity contribution >= 4 is 11.9 Å². The Bertz CT molecular complexity index is 1170. The third kappa shape index (κ3) is 7.67. The van der Waals surface area contributed by atoms with Crippen LogP contribution in [-0.4, -0.2) is 37.4 Å². The summed E-state index contributed by atoms with van der Waals surface area (Å²) in [5.74, 6) is -1.10. The van der Waals surface area contributed by atoms with E-state index < -0.39 is 5.97 Å². The molecule has 0 amide bonds. The van der Waals surface area contributed by atoms with E-state index in [4.69, 9.17) is 19.2 Å². The number of benzene rings is 2. The standard InChI is InChI=1S/C33H39FO6/c1-3-21-38-40-30-9-7-18-33(30)19-16-27(17-20-33)39-32(36)26-13-11-25(12-14-26)28-15-10-24(23-29(28)34)8-5-6-22-37-31(35)4-2/h3-4,10-15,23,27,30H,1-2,5-9,16-22H2. The van der Waals surface area contributed by atoms with E-state index in [1.807, 2.05) is 6.07 Å². The Morgan fingerprint density at radius 2 is 1.77 bits per heavy atom. The highest BCUT2D eigenvalue weighted by Crippen LogP contribution is 2.51. The minimum absolute atomic E-state index is 0.0834. The minimum Gasteiger partial charge on any atom is -0.463 e. The molecule has 0 radical (unpaired) electrons. The minimum atomic E-state index is -0.434. The van der Waals surface area contributed by atoms with Crippen molar-refractivity contribution in [2.24, 2.45) is 5.41 Å². The molecule has 214 valence electrons. The Hall–Kier alpha value is -3.29. The van der Waals surface area contributed by atoms with Crippen molar-refractivity contribution in [1.29, 1.82) is 0 Å². The van der Waals surface area contributed by atoms with Crippen molar-refractivity contribution in [1.82, 2.24) is 0 Å². The molecule has 0 heterocycles. The molecule has 1 unspecified atom stereocenters. The summed E-state index contributed by atoms with van der Waals surface area (Å²) in [5, 5.41) is 0. The lowest BCUT2D eigenvalue weighted by atomic mass is 9.70. The summed E-state index contributed by atoms with van der Waals surface area (Å²) in [6, 6.07) is 12.1. The van der Waals surface area contributed by atoms with E-state index in [0.717, 1.165) is 63.0 Å². The lowest BCUT2D eigenvalue weighted by Gasteiger charge is -2.40. The number of carbonyl (C=O) groups is 2. The number of hydrogen-bond donors (Lipinski definition) is 0. The summed E-state index contributed by atoms with van der Waals surface area (Å²) in [4.78, 5) is 34.9. The summed E-state index contributed by atoms with van der Waals surface area (Å²) in [7, 11) is 0. The molecule has 0 N–H and O–H groups in total. The zero-order valence-corrected chi connectivity index (χ0v) is 23.1. The van der Waals surface area contributed by atoms with Gasteiger partial charge in [-0.05, 0) is 87.1 Å². The highest BCUT2D eigenvalue weighted by Gasteiger charge is 2.47. The first-order valence-electron chi connectivity index (χ1n) is 14.2. The Morgan fingerprint density at radius 1 is 1.00 bits per heavy atom. The Labute approximate surface area is 236 Å². The smallest absolute Gasteiger partial charge is 0.338 e. The van der Waals surface area contributed by atoms with E-state index in [1.54, 1.807) is 36.4 Å². The van der Waals surface area contributed by atoms with Crippen LogP contribution in [-0.2, 0) is 30.5 Å². The molecule has 6 nitrogen and oxygen atoms in total. The predicted octanol–water partition coefficient (Wildman–Crippen LogP) is 7.32. The van der Waals surface area contributed by atoms with Gasteiger partial charge in [0, 0.05) is 17.1 Å². The number of carbonyl (C=O) groups excluding carboxylic acids is 2. The van der Waals surface area contributed by atoms with E-state index >= 15 is 0 Å². The van der Waals surface area contributed by atoms with Gasteiger partial charge in [0.05, 0.1) is 18.3 Å². The number of esters is 2. The molecular weight excluding hydrogens is 511 g/mol. The van der Waals surface area contributed by atoms with Crippen molar-refractivity contribution in [2.45, 2.75) is 76.4 Å². The molecule has 7 heteroatoms. The lowest BCUT2D eigenvalue weighted by molar-refractivity contribution is -0.336. The second-order valence-corrected chi connectivity index (χ2v) is 10.7. The van der Waals surface area contributed by atoms with E-state index in [2.05, 4.69) is 13.2 Å². The van der Waals surface area contributed by atoms with Crippen molar-refractivity contribution in [3.8, 4) is 11.1 Å². The maximum absolute atomic E-state index is 14.9. The Balaban J connectivity index is 1.25. The van der Waals surface area contributed by atoms with Gasteiger partial charge in [-0.2, -0.15) is 0 Å². The molecular formula is C33H39FO6. The van der Waals surface area contributed by atoms with Gasteiger partial charge in [0.15, 0.2) is 0 Å². The third-order valence-electron chi connectivity index (χ3n) is 8.13. The van der Waals surface area contributed by atoms with Gasteiger partial charge in [0.25, 0.3) is 0 Å². The normalized spacial score (nSPS) is 22.1. The fourth-order valence-corrected chi connectivity index (χ4v) is 5.90. The second-order valence-electron chi connectivity index (χ2n) is 10.7. The number of ether oxygens (including phenoxy) is 2. The summed E-state index contributed by atoms with van der Waals surface area (Å²) in [5.41, 5.74) is 2.61. The molecule has 0 bridgehead atoms. The SMILES string of the molecule is C=CCOOC1CCCC12CCC(OC(=O)c1ccc(-c3ccc(CCCCOC(=O)C=C)cc3F)cc1)CC2. The van der Waals surface area contributed by atoms with Gasteiger partial charge in [-0.3, -0.25) is 0 Å². The number of aryl methyl sites for hydroxylation is 1. The van der Waals surface area contributed by atoms with E-state index in [0.29, 0.717) is 42.7 Å². The van der Waals surface area contributed by atoms with Gasteiger partial charge in [-0.1, -0.05) is 43.3 Å². The summed E-state index contributed by atoms with van der Waals surface area (Å²) in [6.07, 6.45) is 11.7. The second kappa shape index (κ2) is 14.4. The molecule has 2 aliphatic rings. The zero-order chi connectivity index (χ0) is 28.4. The largest absolute Gasteiger partial charge is 0.463 e. The average Bonchev–Trinajstić information content (AvgIpc) is 3.35. The Kier molecular flexibility index (Phi) is 10.7. The van der Waals surface area contributed by atoms with E-state index in [9.17, 15) is 14.0 Å². The van der Waals surface area contributed by atoms with E-state index in [1.165, 1.54) is 6.07 Å². The molecule has 2 aromatic rings. The molecule has 0 saturated heterocycles. The molecule has 2 aromatic carbocycles. The van der Waals surface area contributed by atoms with Gasteiger partial charge in [-0.25, -0.2) is 23.8 Å². The number of halogens is 1. The first kappa shape index (κ1) is 29.7. The van der Waals surface area contributed by atoms with Gasteiger partial charge in [0.1, 0.15) is 18.5 Å². The quantitative estimate of drug-likeness (QED) is 0.0650. The molecule has 4 rings (SSSR count). The van der Waals surface area contributed by atoms with Crippen LogP contribution in [0.3, 0.4) is 0 Å². The van der Waals surface area contributed by atoms with Crippen molar-refractivity contribution in [3.05, 3.63) is 84.7 Å². The lowest BCUT2D eigenvalue weighted by Crippen LogP contribution is -2.38. The van der Waals surface area contributed by atoms with Crippen LogP contribution in [0.1, 0.15) is 73.7 Å². The first-order chi connectivity index (χ1) is 19.4. The number of unbranched alkanes of at least 4 members (excludes halogenated alkanes) is 1. The Morgan fingerprint density at radius 3 is 2.48 bits per heavy atom. The molecule has 2 saturated carbocycles. The molecule has 0 aliphatic heterocycles. The number of rotatable bonds is 13. The van der Waals surface area contributed by atoms with Crippen LogP contribution in [0.5, 0.6) is 0 Å². The average molecular weight is 551 g/mol. The molecule has 1 spiro atoms. The van der Waals surface area contributed by atoms with E-state index in [-0.39, 0.29) is 29.4 Å². The van der Waals surface area contributed by atoms with Gasteiger partial charge in [-0.15, -0.1) is 6.58 Å². The van der Waals surface area contributed by atoms with Crippen LogP contribution < -0.4 is 0 Å². The summed E-state index contributed by atoms with van der Waals surface area (Å²) < 4.78 is 25.7. The first-order valence-corrected chi connectivity index (χ1v) is 14.2. The van der Waals surface area contributed by atoms with Gasteiger partial charge >= 0.3 is 11.9 Å². The van der Waals surface area contributed by atoms with Crippen molar-refractivity contribution < 1.29 is 33.2 Å². The topological polar surface area (TPSA) is 71.1 Å². The van der Waals surface area contributed by atoms with Crippen molar-refractivity contribution in [3.63, 3.8) is 0 Å². The van der Waals surface area contributed by atoms with Crippen LogP contribution in [0.15, 0.2) is 67.8 Å². The van der Waals surface area contributed by atoms with Crippen LogP contribution in [0.2, 0.25) is 0 Å². The highest BCUT2D eigenvalue weighted by molar-refractivity contribution is 5.90. The predicted molar refractivity (Wildman–Crippen MR) is 151 cm³/mol. The molecule has 0 aromatic heterocycles. The molecule has 2 fully saturated rings. The maximum atomic E-state index is 14.9. The summed E-state index contributed by atoms with van der Waals surface area (Å²) in [6.45, 7) is 7.72. The molecule has 2 aliphatic carbocycles. The van der Waals surface area contributed by atoms with Gasteiger partial charge < -0.3 is 9.47 Å². The van der Waals surface area contributed by atoms with Crippen LogP contribution in [0, 0.1) is 11.2 Å². The number of hydrogen-bond acceptors (Lipinski definition) is 6. The highest BCUT2D eigenvalue weighted by atomic mass is 19.1. The fourth-order valence-electron chi connectivity index (χ4n) is 5.90. The third-order valence-corrected chi connectivity index (χ3v) is 8.13. The zero-order valence-electron chi connectivity index (χ0n) is 23.1. The van der Waals surface area contributed by atoms with Crippen LogP contribution in [0.25, 0.3) is 11.1 Å². The van der Waals surface area contributed by atoms with Crippen LogP contribution >= 0.6 is 0 Å². The van der Waals surface area contributed by atoms with Crippen molar-refractivity contribution in [2.75, 3.05) is 13.2 Å². The molecule has 40 heavy (non-hydrogen) atoms. The molecule has 1 atom stereocenters. The monoisotopic (exact) mass is 550 g/mol. The fraction of sp³-hybridized carbons (Fsp3) is 0.455.